The largest absolute Gasteiger partial charge is 0.497 e. The van der Waals surface area contributed by atoms with E-state index in [2.05, 4.69) is 5.32 Å². The predicted octanol–water partition coefficient (Wildman–Crippen LogP) is 5.13. The molecular weight excluding hydrogens is 416 g/mol. The summed E-state index contributed by atoms with van der Waals surface area (Å²) in [5.74, 6) is 1.27. The highest BCUT2D eigenvalue weighted by Crippen LogP contribution is 2.29. The van der Waals surface area contributed by atoms with E-state index in [1.165, 1.54) is 0 Å². The lowest BCUT2D eigenvalue weighted by molar-refractivity contribution is -0.122. The summed E-state index contributed by atoms with van der Waals surface area (Å²) < 4.78 is 11.0. The molecule has 0 radical (unpaired) electrons. The van der Waals surface area contributed by atoms with E-state index in [1.54, 1.807) is 66.6 Å². The fourth-order valence-electron chi connectivity index (χ4n) is 3.40. The van der Waals surface area contributed by atoms with Gasteiger partial charge in [0.25, 0.3) is 0 Å². The summed E-state index contributed by atoms with van der Waals surface area (Å²) in [6.07, 6.45) is 0.167. The highest BCUT2D eigenvalue weighted by atomic mass is 35.5. The molecule has 1 fully saturated rings. The fourth-order valence-corrected chi connectivity index (χ4v) is 3.53. The Morgan fingerprint density at radius 1 is 1.00 bits per heavy atom. The van der Waals surface area contributed by atoms with Crippen molar-refractivity contribution in [2.45, 2.75) is 6.42 Å². The van der Waals surface area contributed by atoms with Gasteiger partial charge >= 0.3 is 0 Å². The molecule has 4 rings (SSSR count). The molecule has 1 atom stereocenters. The van der Waals surface area contributed by atoms with Crippen LogP contribution in [-0.2, 0) is 9.59 Å². The van der Waals surface area contributed by atoms with Gasteiger partial charge in [-0.05, 0) is 60.7 Å². The number of anilines is 2. The van der Waals surface area contributed by atoms with E-state index in [0.717, 1.165) is 5.69 Å². The van der Waals surface area contributed by atoms with Crippen LogP contribution in [0.25, 0.3) is 0 Å². The number of carbonyl (C=O) groups excluding carboxylic acids is 2. The molecule has 1 heterocycles. The van der Waals surface area contributed by atoms with Crippen molar-refractivity contribution in [1.82, 2.24) is 0 Å². The van der Waals surface area contributed by atoms with Gasteiger partial charge in [0.1, 0.15) is 17.2 Å². The zero-order valence-corrected chi connectivity index (χ0v) is 17.6. The molecule has 0 aromatic heterocycles. The number of benzene rings is 3. The fraction of sp³-hybridized carbons (Fsp3) is 0.167. The Labute approximate surface area is 185 Å². The minimum atomic E-state index is -0.427. The summed E-state index contributed by atoms with van der Waals surface area (Å²) in [4.78, 5) is 26.8. The molecule has 3 aromatic carbocycles. The highest BCUT2D eigenvalue weighted by molar-refractivity contribution is 6.30. The second-order valence-corrected chi connectivity index (χ2v) is 7.61. The first kappa shape index (κ1) is 20.8. The van der Waals surface area contributed by atoms with Gasteiger partial charge in [-0.2, -0.15) is 0 Å². The third-order valence-electron chi connectivity index (χ3n) is 5.03. The number of amides is 2. The summed E-state index contributed by atoms with van der Waals surface area (Å²) in [6.45, 7) is 0.329. The lowest BCUT2D eigenvalue weighted by atomic mass is 10.1. The first-order chi connectivity index (χ1) is 15.0. The van der Waals surface area contributed by atoms with Gasteiger partial charge in [0.15, 0.2) is 0 Å². The summed E-state index contributed by atoms with van der Waals surface area (Å²) in [6, 6.07) is 21.4. The van der Waals surface area contributed by atoms with Gasteiger partial charge in [-0.15, -0.1) is 0 Å². The predicted molar refractivity (Wildman–Crippen MR) is 120 cm³/mol. The number of halogens is 1. The standard InChI is InChI=1S/C24H21ClN2O4/c1-30-22-4-2-3-19(14-22)27-15-16(13-23(27)28)24(29)26-18-7-11-21(12-8-18)31-20-9-5-17(25)6-10-20/h2-12,14,16H,13,15H2,1H3,(H,26,29)/t16-/m0/s1. The topological polar surface area (TPSA) is 67.9 Å². The number of nitrogens with one attached hydrogen (secondary N) is 1. The van der Waals surface area contributed by atoms with Gasteiger partial charge in [0.05, 0.1) is 13.0 Å². The molecule has 6 nitrogen and oxygen atoms in total. The van der Waals surface area contributed by atoms with E-state index in [4.69, 9.17) is 21.1 Å². The van der Waals surface area contributed by atoms with Crippen molar-refractivity contribution in [1.29, 1.82) is 0 Å². The van der Waals surface area contributed by atoms with Crippen LogP contribution in [0.2, 0.25) is 5.02 Å². The van der Waals surface area contributed by atoms with E-state index < -0.39 is 5.92 Å². The summed E-state index contributed by atoms with van der Waals surface area (Å²) in [5.41, 5.74) is 1.36. The Hall–Kier alpha value is -3.51. The third-order valence-corrected chi connectivity index (χ3v) is 5.28. The van der Waals surface area contributed by atoms with Crippen molar-refractivity contribution in [3.05, 3.63) is 77.8 Å². The van der Waals surface area contributed by atoms with Gasteiger partial charge in [0, 0.05) is 35.4 Å². The number of ether oxygens (including phenoxy) is 2. The second-order valence-electron chi connectivity index (χ2n) is 7.18. The van der Waals surface area contributed by atoms with Gasteiger partial charge in [0.2, 0.25) is 11.8 Å². The molecule has 2 amide bonds. The number of hydrogen-bond acceptors (Lipinski definition) is 4. The van der Waals surface area contributed by atoms with Crippen LogP contribution < -0.4 is 19.7 Å². The van der Waals surface area contributed by atoms with Crippen molar-refractivity contribution in [2.75, 3.05) is 23.9 Å². The van der Waals surface area contributed by atoms with E-state index in [0.29, 0.717) is 34.5 Å². The number of hydrogen-bond donors (Lipinski definition) is 1. The number of nitrogens with zero attached hydrogens (tertiary/aromatic N) is 1. The van der Waals surface area contributed by atoms with Gasteiger partial charge in [-0.25, -0.2) is 0 Å². The molecule has 1 aliphatic heterocycles. The Kier molecular flexibility index (Phi) is 6.09. The van der Waals surface area contributed by atoms with E-state index in [1.807, 2.05) is 18.2 Å². The second kappa shape index (κ2) is 9.10. The van der Waals surface area contributed by atoms with E-state index >= 15 is 0 Å². The maximum Gasteiger partial charge on any atom is 0.229 e. The number of carbonyl (C=O) groups is 2. The van der Waals surface area contributed by atoms with Gasteiger partial charge in [-0.3, -0.25) is 9.59 Å². The maximum absolute atomic E-state index is 12.7. The minimum absolute atomic E-state index is 0.0832. The van der Waals surface area contributed by atoms with Crippen molar-refractivity contribution >= 4 is 34.8 Å². The van der Waals surface area contributed by atoms with Crippen molar-refractivity contribution in [3.63, 3.8) is 0 Å². The molecule has 1 saturated heterocycles. The molecule has 7 heteroatoms. The summed E-state index contributed by atoms with van der Waals surface area (Å²) in [5, 5.41) is 3.52. The molecule has 31 heavy (non-hydrogen) atoms. The third kappa shape index (κ3) is 4.98. The van der Waals surface area contributed by atoms with E-state index in [-0.39, 0.29) is 18.2 Å². The molecule has 0 bridgehead atoms. The van der Waals surface area contributed by atoms with Crippen LogP contribution in [0.15, 0.2) is 72.8 Å². The van der Waals surface area contributed by atoms with Crippen LogP contribution in [0.5, 0.6) is 17.2 Å². The SMILES string of the molecule is COc1cccc(N2C[C@@H](C(=O)Nc3ccc(Oc4ccc(Cl)cc4)cc3)CC2=O)c1. The Bertz CT molecular complexity index is 1080. The molecule has 0 unspecified atom stereocenters. The number of rotatable bonds is 6. The molecule has 158 valence electrons. The molecular formula is C24H21ClN2O4. The maximum atomic E-state index is 12.7. The van der Waals surface area contributed by atoms with Gasteiger partial charge in [-0.1, -0.05) is 17.7 Å². The quantitative estimate of drug-likeness (QED) is 0.581. The van der Waals surface area contributed by atoms with Crippen molar-refractivity contribution in [3.8, 4) is 17.2 Å². The normalized spacial score (nSPS) is 15.6. The average molecular weight is 437 g/mol. The van der Waals surface area contributed by atoms with Crippen molar-refractivity contribution in [2.24, 2.45) is 5.92 Å². The monoisotopic (exact) mass is 436 g/mol. The van der Waals surface area contributed by atoms with Crippen LogP contribution in [-0.4, -0.2) is 25.5 Å². The van der Waals surface area contributed by atoms with Gasteiger partial charge < -0.3 is 19.7 Å². The Balaban J connectivity index is 1.37. The minimum Gasteiger partial charge on any atom is -0.497 e. The Morgan fingerprint density at radius 2 is 1.68 bits per heavy atom. The van der Waals surface area contributed by atoms with Crippen LogP contribution >= 0.6 is 11.6 Å². The smallest absolute Gasteiger partial charge is 0.229 e. The zero-order valence-electron chi connectivity index (χ0n) is 16.9. The summed E-state index contributed by atoms with van der Waals surface area (Å²) >= 11 is 5.88. The first-order valence-corrected chi connectivity index (χ1v) is 10.2. The summed E-state index contributed by atoms with van der Waals surface area (Å²) in [7, 11) is 1.58. The van der Waals surface area contributed by atoms with Crippen LogP contribution in [0.1, 0.15) is 6.42 Å². The molecule has 0 aliphatic carbocycles. The number of methoxy groups -OCH3 is 1. The van der Waals surface area contributed by atoms with Crippen LogP contribution in [0, 0.1) is 5.92 Å². The average Bonchev–Trinajstić information content (AvgIpc) is 3.18. The van der Waals surface area contributed by atoms with Crippen LogP contribution in [0.3, 0.4) is 0 Å². The Morgan fingerprint density at radius 3 is 2.35 bits per heavy atom. The van der Waals surface area contributed by atoms with Crippen LogP contribution in [0.4, 0.5) is 11.4 Å². The van der Waals surface area contributed by atoms with Crippen molar-refractivity contribution < 1.29 is 19.1 Å². The molecule has 0 saturated carbocycles. The molecule has 1 N–H and O–H groups in total. The molecule has 1 aliphatic rings. The first-order valence-electron chi connectivity index (χ1n) is 9.80. The molecule has 3 aromatic rings. The lowest BCUT2D eigenvalue weighted by Crippen LogP contribution is -2.28. The lowest BCUT2D eigenvalue weighted by Gasteiger charge is -2.17. The molecule has 0 spiro atoms. The zero-order chi connectivity index (χ0) is 21.8. The highest BCUT2D eigenvalue weighted by Gasteiger charge is 2.35. The van der Waals surface area contributed by atoms with E-state index in [9.17, 15) is 9.59 Å².